The first-order valence-electron chi connectivity index (χ1n) is 10.4. The number of rotatable bonds is 10. The maximum absolute atomic E-state index is 12.6. The minimum atomic E-state index is -3.86. The average molecular weight is 538 g/mol. The minimum absolute atomic E-state index is 0.0161. The summed E-state index contributed by atoms with van der Waals surface area (Å²) in [4.78, 5) is 12.6. The van der Waals surface area contributed by atoms with Crippen LogP contribution in [0, 0.1) is 0 Å². The van der Waals surface area contributed by atoms with Gasteiger partial charge in [-0.1, -0.05) is 11.6 Å². The van der Waals surface area contributed by atoms with E-state index in [1.807, 2.05) is 6.92 Å². The molecule has 3 aromatic carbocycles. The van der Waals surface area contributed by atoms with Crippen LogP contribution in [0.3, 0.4) is 0 Å². The van der Waals surface area contributed by atoms with Gasteiger partial charge in [-0.25, -0.2) is 16.8 Å². The normalized spacial score (nSPS) is 11.5. The predicted octanol–water partition coefficient (Wildman–Crippen LogP) is 3.94. The number of nitrogens with zero attached hydrogens (tertiary/aromatic N) is 1. The first-order valence-corrected chi connectivity index (χ1v) is 14.1. The van der Waals surface area contributed by atoms with Gasteiger partial charge in [-0.15, -0.1) is 0 Å². The number of sulfonamides is 2. The van der Waals surface area contributed by atoms with Gasteiger partial charge in [0.05, 0.1) is 23.4 Å². The fourth-order valence-electron chi connectivity index (χ4n) is 3.06. The van der Waals surface area contributed by atoms with Crippen molar-refractivity contribution in [1.29, 1.82) is 0 Å². The second-order valence-corrected chi connectivity index (χ2v) is 11.4. The van der Waals surface area contributed by atoms with Crippen LogP contribution >= 0.6 is 11.6 Å². The van der Waals surface area contributed by atoms with E-state index in [2.05, 4.69) is 10.0 Å². The zero-order valence-corrected chi connectivity index (χ0v) is 21.3. The Morgan fingerprint density at radius 1 is 0.886 bits per heavy atom. The molecule has 0 spiro atoms. The molecule has 0 aliphatic carbocycles. The lowest BCUT2D eigenvalue weighted by atomic mass is 10.3. The summed E-state index contributed by atoms with van der Waals surface area (Å²) in [6, 6.07) is 18.0. The predicted molar refractivity (Wildman–Crippen MR) is 137 cm³/mol. The molecule has 12 heteroatoms. The van der Waals surface area contributed by atoms with Crippen LogP contribution in [0.1, 0.15) is 6.92 Å². The van der Waals surface area contributed by atoms with E-state index in [1.54, 1.807) is 36.4 Å². The molecule has 0 aliphatic heterocycles. The Labute approximate surface area is 209 Å². The van der Waals surface area contributed by atoms with Gasteiger partial charge in [0.15, 0.2) is 0 Å². The number of carbonyl (C=O) groups excluding carboxylic acids is 1. The number of hydrogen-bond acceptors (Lipinski definition) is 6. The van der Waals surface area contributed by atoms with Gasteiger partial charge in [-0.05, 0) is 79.7 Å². The molecule has 0 atom stereocenters. The first kappa shape index (κ1) is 26.3. The quantitative estimate of drug-likeness (QED) is 0.404. The summed E-state index contributed by atoms with van der Waals surface area (Å²) in [7, 11) is -7.61. The molecule has 0 aliphatic rings. The number of hydrogen-bond donors (Lipinski definition) is 2. The fraction of sp³-hybridized carbons (Fsp3) is 0.174. The van der Waals surface area contributed by atoms with Crippen LogP contribution in [-0.2, 0) is 24.8 Å². The van der Waals surface area contributed by atoms with Crippen LogP contribution in [-0.4, -0.2) is 42.2 Å². The summed E-state index contributed by atoms with van der Waals surface area (Å²) in [6.07, 6.45) is 1.00. The highest BCUT2D eigenvalue weighted by atomic mass is 35.5. The largest absolute Gasteiger partial charge is 0.494 e. The molecule has 1 amide bonds. The zero-order chi connectivity index (χ0) is 25.6. The Morgan fingerprint density at radius 3 is 2.00 bits per heavy atom. The molecular formula is C23H24ClN3O6S2. The second kappa shape index (κ2) is 11.0. The molecular weight excluding hydrogens is 514 g/mol. The van der Waals surface area contributed by atoms with Gasteiger partial charge >= 0.3 is 0 Å². The third kappa shape index (κ3) is 7.35. The lowest BCUT2D eigenvalue weighted by Crippen LogP contribution is -2.37. The molecule has 0 unspecified atom stereocenters. The summed E-state index contributed by atoms with van der Waals surface area (Å²) in [5.41, 5.74) is 0.961. The van der Waals surface area contributed by atoms with Gasteiger partial charge < -0.3 is 10.1 Å². The maximum Gasteiger partial charge on any atom is 0.261 e. The fourth-order valence-corrected chi connectivity index (χ4v) is 5.10. The van der Waals surface area contributed by atoms with E-state index in [4.69, 9.17) is 16.3 Å². The van der Waals surface area contributed by atoms with Gasteiger partial charge in [0.25, 0.3) is 10.0 Å². The number of amides is 1. The topological polar surface area (TPSA) is 122 Å². The molecule has 2 N–H and O–H groups in total. The van der Waals surface area contributed by atoms with Crippen LogP contribution in [0.2, 0.25) is 5.02 Å². The molecule has 0 bridgehead atoms. The molecule has 0 heterocycles. The van der Waals surface area contributed by atoms with Crippen molar-refractivity contribution in [2.45, 2.75) is 11.8 Å². The van der Waals surface area contributed by atoms with Crippen molar-refractivity contribution < 1.29 is 26.4 Å². The molecule has 0 saturated carbocycles. The summed E-state index contributed by atoms with van der Waals surface area (Å²) in [5, 5.41) is 3.06. The Hall–Kier alpha value is -3.28. The molecule has 35 heavy (non-hydrogen) atoms. The van der Waals surface area contributed by atoms with E-state index >= 15 is 0 Å². The van der Waals surface area contributed by atoms with E-state index in [9.17, 15) is 21.6 Å². The maximum atomic E-state index is 12.6. The first-order chi connectivity index (χ1) is 16.5. The number of benzene rings is 3. The van der Waals surface area contributed by atoms with E-state index in [0.717, 1.165) is 10.6 Å². The van der Waals surface area contributed by atoms with Crippen molar-refractivity contribution in [3.8, 4) is 5.75 Å². The van der Waals surface area contributed by atoms with Crippen LogP contribution in [0.15, 0.2) is 77.7 Å². The third-order valence-electron chi connectivity index (χ3n) is 4.67. The van der Waals surface area contributed by atoms with Gasteiger partial charge in [0.2, 0.25) is 15.9 Å². The number of halogens is 1. The molecule has 3 rings (SSSR count). The lowest BCUT2D eigenvalue weighted by Gasteiger charge is -2.22. The van der Waals surface area contributed by atoms with Gasteiger partial charge in [0, 0.05) is 16.4 Å². The third-order valence-corrected chi connectivity index (χ3v) is 7.46. The Morgan fingerprint density at radius 2 is 1.46 bits per heavy atom. The monoisotopic (exact) mass is 537 g/mol. The summed E-state index contributed by atoms with van der Waals surface area (Å²) in [6.45, 7) is 1.83. The van der Waals surface area contributed by atoms with Crippen molar-refractivity contribution in [1.82, 2.24) is 0 Å². The molecule has 0 aromatic heterocycles. The lowest BCUT2D eigenvalue weighted by molar-refractivity contribution is -0.114. The Bertz CT molecular complexity index is 1380. The van der Waals surface area contributed by atoms with Crippen molar-refractivity contribution in [3.05, 3.63) is 77.8 Å². The smallest absolute Gasteiger partial charge is 0.261 e. The van der Waals surface area contributed by atoms with Crippen LogP contribution in [0.4, 0.5) is 17.1 Å². The van der Waals surface area contributed by atoms with E-state index in [0.29, 0.717) is 34.4 Å². The molecule has 0 fully saturated rings. The SMILES string of the molecule is CCOc1ccc(N(CC(=O)Nc2ccc(S(=O)(=O)Nc3ccc(Cl)cc3)cc2)S(C)(=O)=O)cc1. The summed E-state index contributed by atoms with van der Waals surface area (Å²) < 4.78 is 58.5. The van der Waals surface area contributed by atoms with Crippen LogP contribution < -0.4 is 19.1 Å². The number of nitrogens with one attached hydrogen (secondary N) is 2. The highest BCUT2D eigenvalue weighted by Gasteiger charge is 2.21. The van der Waals surface area contributed by atoms with Crippen LogP contribution in [0.5, 0.6) is 5.75 Å². The van der Waals surface area contributed by atoms with Crippen molar-refractivity contribution in [2.75, 3.05) is 33.8 Å². The number of ether oxygens (including phenoxy) is 1. The molecule has 186 valence electrons. The highest BCUT2D eigenvalue weighted by molar-refractivity contribution is 7.92. The van der Waals surface area contributed by atoms with Gasteiger partial charge in [-0.2, -0.15) is 0 Å². The standard InChI is InChI=1S/C23H24ClN3O6S2/c1-3-33-21-12-10-20(11-13-21)27(34(2,29)30)16-23(28)25-18-8-14-22(15-9-18)35(31,32)26-19-6-4-17(24)5-7-19/h4-15,26H,3,16H2,1-2H3,(H,25,28). The van der Waals surface area contributed by atoms with Gasteiger partial charge in [0.1, 0.15) is 12.3 Å². The van der Waals surface area contributed by atoms with Crippen molar-refractivity contribution in [2.24, 2.45) is 0 Å². The molecule has 9 nitrogen and oxygen atoms in total. The average Bonchev–Trinajstić information content (AvgIpc) is 2.79. The Kier molecular flexibility index (Phi) is 8.26. The van der Waals surface area contributed by atoms with Crippen molar-refractivity contribution in [3.63, 3.8) is 0 Å². The Balaban J connectivity index is 1.69. The van der Waals surface area contributed by atoms with E-state index in [1.165, 1.54) is 36.4 Å². The summed E-state index contributed by atoms with van der Waals surface area (Å²) >= 11 is 5.81. The van der Waals surface area contributed by atoms with E-state index < -0.39 is 32.5 Å². The molecule has 3 aromatic rings. The number of anilines is 3. The highest BCUT2D eigenvalue weighted by Crippen LogP contribution is 2.23. The number of carbonyl (C=O) groups is 1. The molecule has 0 radical (unpaired) electrons. The summed E-state index contributed by atoms with van der Waals surface area (Å²) in [5.74, 6) is -0.0195. The van der Waals surface area contributed by atoms with Crippen LogP contribution in [0.25, 0.3) is 0 Å². The molecule has 0 saturated heterocycles. The second-order valence-electron chi connectivity index (χ2n) is 7.38. The van der Waals surface area contributed by atoms with E-state index in [-0.39, 0.29) is 4.90 Å². The zero-order valence-electron chi connectivity index (χ0n) is 18.9. The van der Waals surface area contributed by atoms with Crippen molar-refractivity contribution >= 4 is 54.6 Å². The minimum Gasteiger partial charge on any atom is -0.494 e. The van der Waals surface area contributed by atoms with Gasteiger partial charge in [-0.3, -0.25) is 13.8 Å².